The van der Waals surface area contributed by atoms with Gasteiger partial charge in [0, 0.05) is 20.0 Å². The van der Waals surface area contributed by atoms with E-state index in [2.05, 4.69) is 21.4 Å². The van der Waals surface area contributed by atoms with Crippen molar-refractivity contribution < 1.29 is 31.1 Å². The summed E-state index contributed by atoms with van der Waals surface area (Å²) in [6, 6.07) is 0. The summed E-state index contributed by atoms with van der Waals surface area (Å²) in [6.07, 6.45) is -11.3. The molecule has 1 atom stereocenters. The lowest BCUT2D eigenvalue weighted by atomic mass is 10.2. The average molecular weight is 334 g/mol. The number of amidine groups is 1. The maximum atomic E-state index is 12.8. The molecule has 0 aromatic heterocycles. The van der Waals surface area contributed by atoms with Gasteiger partial charge in [-0.05, 0) is 13.6 Å². The Labute approximate surface area is 123 Å². The van der Waals surface area contributed by atoms with Crippen LogP contribution in [0, 0.1) is 0 Å². The quantitative estimate of drug-likeness (QED) is 0.267. The Balaban J connectivity index is 5.15. The number of alkyl halides is 6. The predicted octanol–water partition coefficient (Wildman–Crippen LogP) is 2.65. The molecule has 0 fully saturated rings. The highest BCUT2D eigenvalue weighted by atomic mass is 19.4. The van der Waals surface area contributed by atoms with E-state index in [0.29, 0.717) is 11.1 Å². The molecule has 0 aliphatic rings. The van der Waals surface area contributed by atoms with Crippen molar-refractivity contribution in [1.82, 2.24) is 4.90 Å². The van der Waals surface area contributed by atoms with Gasteiger partial charge in [-0.3, -0.25) is 9.98 Å². The van der Waals surface area contributed by atoms with E-state index in [0.717, 1.165) is 7.05 Å². The Morgan fingerprint density at radius 1 is 1.32 bits per heavy atom. The van der Waals surface area contributed by atoms with Crippen LogP contribution in [0.3, 0.4) is 0 Å². The summed E-state index contributed by atoms with van der Waals surface area (Å²) in [5.74, 6) is -2.06. The van der Waals surface area contributed by atoms with Gasteiger partial charge in [-0.1, -0.05) is 0 Å². The van der Waals surface area contributed by atoms with Gasteiger partial charge in [0.2, 0.25) is 5.84 Å². The molecule has 11 heteroatoms. The lowest BCUT2D eigenvalue weighted by molar-refractivity contribution is -0.306. The van der Waals surface area contributed by atoms with Crippen LogP contribution in [0.4, 0.5) is 26.3 Å². The molecule has 0 saturated heterocycles. The summed E-state index contributed by atoms with van der Waals surface area (Å²) in [7, 11) is 0.971. The third kappa shape index (κ3) is 7.29. The third-order valence-electron chi connectivity index (χ3n) is 2.29. The van der Waals surface area contributed by atoms with E-state index in [1.165, 1.54) is 6.92 Å². The van der Waals surface area contributed by atoms with Crippen LogP contribution in [0.15, 0.2) is 21.9 Å². The summed E-state index contributed by atoms with van der Waals surface area (Å²) in [5, 5.41) is 0. The largest absolute Gasteiger partial charge is 0.572 e. The second-order valence-electron chi connectivity index (χ2n) is 4.00. The fraction of sp³-hybridized carbons (Fsp3) is 0.636. The summed E-state index contributed by atoms with van der Waals surface area (Å²) in [4.78, 5) is 6.89. The van der Waals surface area contributed by atoms with Crippen LogP contribution in [0.25, 0.3) is 0 Å². The Morgan fingerprint density at radius 3 is 2.23 bits per heavy atom. The topological polar surface area (TPSA) is 63.2 Å². The standard InChI is InChI=1S/C11H16F6N4O/c1-4-20-9(10(12,13)14)21(3)8(18)5-7(6-19-2)22-11(15,16)17/h6,8H,2,4-5,18H2,1,3H3/b7-6+,20-9?. The SMILES string of the molecule is C=N/C=C(\CC(N)N(C)C(=NCC)C(F)(F)F)OC(F)(F)F. The summed E-state index contributed by atoms with van der Waals surface area (Å²) in [6.45, 7) is 4.17. The van der Waals surface area contributed by atoms with Crippen LogP contribution < -0.4 is 5.73 Å². The molecule has 0 rings (SSSR count). The minimum absolute atomic E-state index is 0.165. The maximum Gasteiger partial charge on any atom is 0.572 e. The molecule has 2 N–H and O–H groups in total. The monoisotopic (exact) mass is 334 g/mol. The zero-order chi connectivity index (χ0) is 17.6. The van der Waals surface area contributed by atoms with Gasteiger partial charge in [-0.25, -0.2) is 0 Å². The molecule has 0 saturated carbocycles. The molecule has 1 unspecified atom stereocenters. The second kappa shape index (κ2) is 8.01. The second-order valence-corrected chi connectivity index (χ2v) is 4.00. The number of aliphatic imine (C=N–C) groups is 2. The van der Waals surface area contributed by atoms with Crippen molar-refractivity contribution in [2.24, 2.45) is 15.7 Å². The molecular weight excluding hydrogens is 318 g/mol. The highest BCUT2D eigenvalue weighted by Gasteiger charge is 2.40. The van der Waals surface area contributed by atoms with Gasteiger partial charge in [-0.15, -0.1) is 13.2 Å². The van der Waals surface area contributed by atoms with Gasteiger partial charge in [0.1, 0.15) is 5.76 Å². The van der Waals surface area contributed by atoms with Gasteiger partial charge in [0.05, 0.1) is 12.4 Å². The molecule has 0 aromatic rings. The van der Waals surface area contributed by atoms with E-state index in [4.69, 9.17) is 5.73 Å². The Morgan fingerprint density at radius 2 is 1.86 bits per heavy atom. The number of nitrogens with zero attached hydrogens (tertiary/aromatic N) is 3. The first kappa shape index (κ1) is 20.2. The molecule has 0 spiro atoms. The highest BCUT2D eigenvalue weighted by Crippen LogP contribution is 2.25. The van der Waals surface area contributed by atoms with E-state index in [-0.39, 0.29) is 6.54 Å². The molecule has 5 nitrogen and oxygen atoms in total. The number of rotatable bonds is 6. The molecule has 0 amide bonds. The summed E-state index contributed by atoms with van der Waals surface area (Å²) >= 11 is 0. The minimum atomic E-state index is -5.01. The van der Waals surface area contributed by atoms with Crippen LogP contribution in [0.1, 0.15) is 13.3 Å². The molecule has 0 bridgehead atoms. The van der Waals surface area contributed by atoms with E-state index in [9.17, 15) is 26.3 Å². The first-order valence-corrected chi connectivity index (χ1v) is 5.93. The van der Waals surface area contributed by atoms with Gasteiger partial charge >= 0.3 is 12.5 Å². The van der Waals surface area contributed by atoms with Crippen LogP contribution >= 0.6 is 0 Å². The first-order chi connectivity index (χ1) is 9.92. The van der Waals surface area contributed by atoms with Crippen LogP contribution in [-0.4, -0.2) is 49.7 Å². The fourth-order valence-electron chi connectivity index (χ4n) is 1.42. The Bertz CT molecular complexity index is 429. The highest BCUT2D eigenvalue weighted by molar-refractivity contribution is 5.87. The van der Waals surface area contributed by atoms with E-state index in [1.807, 2.05) is 0 Å². The summed E-state index contributed by atoms with van der Waals surface area (Å²) < 4.78 is 78.5. The number of ether oxygens (including phenoxy) is 1. The number of hydrogen-bond donors (Lipinski definition) is 1. The van der Waals surface area contributed by atoms with Crippen LogP contribution in [-0.2, 0) is 4.74 Å². The van der Waals surface area contributed by atoms with Gasteiger partial charge < -0.3 is 15.4 Å². The van der Waals surface area contributed by atoms with E-state index in [1.54, 1.807) is 0 Å². The molecule has 0 radical (unpaired) electrons. The van der Waals surface area contributed by atoms with Crippen LogP contribution in [0.5, 0.6) is 0 Å². The fourth-order valence-corrected chi connectivity index (χ4v) is 1.42. The lowest BCUT2D eigenvalue weighted by Crippen LogP contribution is -2.49. The van der Waals surface area contributed by atoms with Crippen molar-refractivity contribution in [3.05, 3.63) is 12.0 Å². The molecule has 128 valence electrons. The first-order valence-electron chi connectivity index (χ1n) is 5.93. The van der Waals surface area contributed by atoms with Gasteiger partial charge in [0.25, 0.3) is 0 Å². The maximum absolute atomic E-state index is 12.8. The van der Waals surface area contributed by atoms with Crippen molar-refractivity contribution in [1.29, 1.82) is 0 Å². The zero-order valence-electron chi connectivity index (χ0n) is 11.9. The molecular formula is C11H16F6N4O. The normalized spacial score (nSPS) is 15.5. The molecule has 0 aliphatic carbocycles. The van der Waals surface area contributed by atoms with E-state index >= 15 is 0 Å². The van der Waals surface area contributed by atoms with Gasteiger partial charge in [0.15, 0.2) is 0 Å². The summed E-state index contributed by atoms with van der Waals surface area (Å²) in [5.41, 5.74) is 5.49. The third-order valence-corrected chi connectivity index (χ3v) is 2.29. The predicted molar refractivity (Wildman–Crippen MR) is 69.2 cm³/mol. The molecule has 22 heavy (non-hydrogen) atoms. The van der Waals surface area contributed by atoms with Crippen molar-refractivity contribution in [3.63, 3.8) is 0 Å². The van der Waals surface area contributed by atoms with E-state index < -0.39 is 36.7 Å². The molecule has 0 aromatic carbocycles. The molecule has 0 heterocycles. The van der Waals surface area contributed by atoms with Crippen molar-refractivity contribution in [2.75, 3.05) is 13.6 Å². The van der Waals surface area contributed by atoms with Gasteiger partial charge in [-0.2, -0.15) is 13.2 Å². The Kier molecular flexibility index (Phi) is 7.36. The number of halogens is 6. The average Bonchev–Trinajstić information content (AvgIpc) is 2.31. The minimum Gasteiger partial charge on any atom is -0.409 e. The lowest BCUT2D eigenvalue weighted by Gasteiger charge is -2.29. The van der Waals surface area contributed by atoms with Crippen molar-refractivity contribution in [3.8, 4) is 0 Å². The Hall–Kier alpha value is -1.78. The van der Waals surface area contributed by atoms with Crippen LogP contribution in [0.2, 0.25) is 0 Å². The van der Waals surface area contributed by atoms with Crippen molar-refractivity contribution in [2.45, 2.75) is 32.0 Å². The molecule has 0 aliphatic heterocycles. The van der Waals surface area contributed by atoms with Crippen molar-refractivity contribution >= 4 is 12.6 Å². The number of hydrogen-bond acceptors (Lipinski definition) is 4. The zero-order valence-corrected chi connectivity index (χ0v) is 11.9. The number of nitrogens with two attached hydrogens (primary N) is 1. The smallest absolute Gasteiger partial charge is 0.409 e.